The van der Waals surface area contributed by atoms with Gasteiger partial charge in [0.1, 0.15) is 17.3 Å². The maximum atomic E-state index is 13.6. The van der Waals surface area contributed by atoms with Gasteiger partial charge < -0.3 is 18.1 Å². The number of hydrogen-bond acceptors (Lipinski definition) is 7. The number of hydrogen-bond donors (Lipinski definition) is 0. The molecule has 0 aliphatic rings. The van der Waals surface area contributed by atoms with Crippen LogP contribution in [0.4, 0.5) is 4.39 Å². The van der Waals surface area contributed by atoms with Crippen molar-refractivity contribution in [1.29, 1.82) is 0 Å². The van der Waals surface area contributed by atoms with E-state index in [0.29, 0.717) is 47.2 Å². The molecule has 0 unspecified atom stereocenters. The average Bonchev–Trinajstić information content (AvgIpc) is 3.57. The van der Waals surface area contributed by atoms with E-state index in [1.807, 2.05) is 29.7 Å². The van der Waals surface area contributed by atoms with Gasteiger partial charge in [-0.2, -0.15) is 0 Å². The quantitative estimate of drug-likeness (QED) is 0.187. The van der Waals surface area contributed by atoms with E-state index in [1.54, 1.807) is 37.5 Å². The number of oxazole rings is 1. The van der Waals surface area contributed by atoms with Crippen LogP contribution < -0.4 is 0 Å². The number of rotatable bonds is 8. The minimum absolute atomic E-state index is 0.305. The standard InChI is InChI=1S/C26H22FN3O4S/c1-3-32-25(31)18-9-10-23-21(13-18)29-26(30(23)14-20-8-5-11-33-20)35-15-22-16(2)34-24(28-22)17-6-4-7-19(27)12-17/h4-13H,3,14-15H2,1-2H3. The minimum atomic E-state index is -0.382. The molecule has 3 heterocycles. The Labute approximate surface area is 204 Å². The minimum Gasteiger partial charge on any atom is -0.467 e. The molecule has 9 heteroatoms. The maximum absolute atomic E-state index is 13.6. The number of ether oxygens (including phenoxy) is 1. The lowest BCUT2D eigenvalue weighted by molar-refractivity contribution is 0.0526. The molecule has 0 N–H and O–H groups in total. The lowest BCUT2D eigenvalue weighted by atomic mass is 10.2. The highest BCUT2D eigenvalue weighted by atomic mass is 32.2. The number of benzene rings is 2. The fourth-order valence-electron chi connectivity index (χ4n) is 3.71. The van der Waals surface area contributed by atoms with Crippen molar-refractivity contribution in [2.24, 2.45) is 0 Å². The summed E-state index contributed by atoms with van der Waals surface area (Å²) in [5, 5.41) is 0.743. The molecule has 5 aromatic rings. The van der Waals surface area contributed by atoms with E-state index in [4.69, 9.17) is 18.6 Å². The zero-order chi connectivity index (χ0) is 24.4. The van der Waals surface area contributed by atoms with Gasteiger partial charge in [0.05, 0.1) is 41.7 Å². The molecule has 0 saturated carbocycles. The largest absolute Gasteiger partial charge is 0.467 e. The predicted octanol–water partition coefficient (Wildman–Crippen LogP) is 6.25. The number of esters is 1. The van der Waals surface area contributed by atoms with Gasteiger partial charge in [-0.3, -0.25) is 0 Å². The van der Waals surface area contributed by atoms with Gasteiger partial charge >= 0.3 is 5.97 Å². The Morgan fingerprint density at radius 2 is 2.03 bits per heavy atom. The van der Waals surface area contributed by atoms with Crippen LogP contribution in [0.25, 0.3) is 22.5 Å². The second-order valence-electron chi connectivity index (χ2n) is 7.80. The Bertz CT molecular complexity index is 1490. The van der Waals surface area contributed by atoms with Gasteiger partial charge in [-0.25, -0.2) is 19.2 Å². The highest BCUT2D eigenvalue weighted by Gasteiger charge is 2.18. The fraction of sp³-hybridized carbons (Fsp3) is 0.192. The van der Waals surface area contributed by atoms with Crippen LogP contribution in [0.5, 0.6) is 0 Å². The van der Waals surface area contributed by atoms with Crippen LogP contribution in [0.2, 0.25) is 0 Å². The molecule has 2 aromatic carbocycles. The first kappa shape index (κ1) is 22.9. The second-order valence-corrected chi connectivity index (χ2v) is 8.75. The third kappa shape index (κ3) is 4.85. The number of aryl methyl sites for hydroxylation is 1. The van der Waals surface area contributed by atoms with Crippen molar-refractivity contribution in [2.45, 2.75) is 31.3 Å². The topological polar surface area (TPSA) is 83.3 Å². The van der Waals surface area contributed by atoms with Gasteiger partial charge in [0.25, 0.3) is 0 Å². The SMILES string of the molecule is CCOC(=O)c1ccc2c(c1)nc(SCc1nc(-c3cccc(F)c3)oc1C)n2Cc1ccco1. The Kier molecular flexibility index (Phi) is 6.41. The monoisotopic (exact) mass is 491 g/mol. The Morgan fingerprint density at radius 3 is 2.80 bits per heavy atom. The number of halogens is 1. The Morgan fingerprint density at radius 1 is 1.14 bits per heavy atom. The normalized spacial score (nSPS) is 11.3. The van der Waals surface area contributed by atoms with Crippen molar-refractivity contribution in [2.75, 3.05) is 6.61 Å². The van der Waals surface area contributed by atoms with Crippen LogP contribution in [-0.4, -0.2) is 27.1 Å². The number of thioether (sulfide) groups is 1. The molecule has 0 bridgehead atoms. The average molecular weight is 492 g/mol. The van der Waals surface area contributed by atoms with Gasteiger partial charge in [-0.1, -0.05) is 17.8 Å². The summed E-state index contributed by atoms with van der Waals surface area (Å²) in [6.07, 6.45) is 1.63. The molecule has 3 aromatic heterocycles. The van der Waals surface area contributed by atoms with E-state index in [-0.39, 0.29) is 11.8 Å². The molecule has 35 heavy (non-hydrogen) atoms. The molecule has 0 fully saturated rings. The van der Waals surface area contributed by atoms with Crippen LogP contribution in [0.1, 0.15) is 34.5 Å². The van der Waals surface area contributed by atoms with E-state index in [9.17, 15) is 9.18 Å². The molecule has 0 saturated heterocycles. The highest BCUT2D eigenvalue weighted by Crippen LogP contribution is 2.31. The number of furan rings is 1. The van der Waals surface area contributed by atoms with Crippen molar-refractivity contribution < 1.29 is 22.8 Å². The smallest absolute Gasteiger partial charge is 0.338 e. The lowest BCUT2D eigenvalue weighted by Gasteiger charge is -2.07. The van der Waals surface area contributed by atoms with E-state index in [0.717, 1.165) is 22.1 Å². The molecule has 0 amide bonds. The van der Waals surface area contributed by atoms with Crippen LogP contribution in [0, 0.1) is 12.7 Å². The van der Waals surface area contributed by atoms with Crippen molar-refractivity contribution in [3.05, 3.63) is 89.5 Å². The van der Waals surface area contributed by atoms with Crippen molar-refractivity contribution in [3.8, 4) is 11.5 Å². The molecule has 0 radical (unpaired) electrons. The number of carbonyl (C=O) groups is 1. The summed E-state index contributed by atoms with van der Waals surface area (Å²) in [5.41, 5.74) is 3.33. The first-order valence-electron chi connectivity index (χ1n) is 11.1. The third-order valence-electron chi connectivity index (χ3n) is 5.42. The number of aromatic nitrogens is 3. The third-order valence-corrected chi connectivity index (χ3v) is 6.41. The van der Waals surface area contributed by atoms with E-state index in [2.05, 4.69) is 4.98 Å². The van der Waals surface area contributed by atoms with E-state index < -0.39 is 0 Å². The van der Waals surface area contributed by atoms with Gasteiger partial charge in [-0.15, -0.1) is 0 Å². The summed E-state index contributed by atoms with van der Waals surface area (Å²) < 4.78 is 32.2. The van der Waals surface area contributed by atoms with Crippen LogP contribution >= 0.6 is 11.8 Å². The second kappa shape index (κ2) is 9.79. The van der Waals surface area contributed by atoms with Gasteiger partial charge in [0, 0.05) is 11.3 Å². The van der Waals surface area contributed by atoms with Crippen LogP contribution in [0.3, 0.4) is 0 Å². The van der Waals surface area contributed by atoms with Gasteiger partial charge in [-0.05, 0) is 62.4 Å². The van der Waals surface area contributed by atoms with E-state index in [1.165, 1.54) is 23.9 Å². The van der Waals surface area contributed by atoms with Crippen LogP contribution in [0.15, 0.2) is 74.9 Å². The first-order chi connectivity index (χ1) is 17.0. The fourth-order valence-corrected chi connectivity index (χ4v) is 4.73. The molecule has 178 valence electrons. The zero-order valence-corrected chi connectivity index (χ0v) is 20.0. The van der Waals surface area contributed by atoms with E-state index >= 15 is 0 Å². The van der Waals surface area contributed by atoms with Crippen LogP contribution in [-0.2, 0) is 17.0 Å². The zero-order valence-electron chi connectivity index (χ0n) is 19.2. The molecular formula is C26H22FN3O4S. The van der Waals surface area contributed by atoms with Crippen molar-refractivity contribution in [3.63, 3.8) is 0 Å². The number of imidazole rings is 1. The number of fused-ring (bicyclic) bond motifs is 1. The Balaban J connectivity index is 1.45. The highest BCUT2D eigenvalue weighted by molar-refractivity contribution is 7.98. The summed E-state index contributed by atoms with van der Waals surface area (Å²) in [7, 11) is 0. The predicted molar refractivity (Wildman–Crippen MR) is 130 cm³/mol. The summed E-state index contributed by atoms with van der Waals surface area (Å²) >= 11 is 1.50. The first-order valence-corrected chi connectivity index (χ1v) is 12.0. The van der Waals surface area contributed by atoms with Gasteiger partial charge in [0.2, 0.25) is 5.89 Å². The summed E-state index contributed by atoms with van der Waals surface area (Å²) in [5.74, 6) is 1.59. The molecule has 0 aliphatic heterocycles. The lowest BCUT2D eigenvalue weighted by Crippen LogP contribution is -2.04. The molecule has 7 nitrogen and oxygen atoms in total. The maximum Gasteiger partial charge on any atom is 0.338 e. The molecule has 0 spiro atoms. The molecule has 0 aliphatic carbocycles. The number of nitrogens with zero attached hydrogens (tertiary/aromatic N) is 3. The summed E-state index contributed by atoms with van der Waals surface area (Å²) in [6, 6.07) is 15.2. The van der Waals surface area contributed by atoms with Crippen molar-refractivity contribution >= 4 is 28.8 Å². The van der Waals surface area contributed by atoms with Gasteiger partial charge in [0.15, 0.2) is 5.16 Å². The Hall–Kier alpha value is -3.85. The molecule has 0 atom stereocenters. The summed E-state index contributed by atoms with van der Waals surface area (Å²) in [6.45, 7) is 4.40. The van der Waals surface area contributed by atoms with Crippen molar-refractivity contribution in [1.82, 2.24) is 14.5 Å². The number of carbonyl (C=O) groups excluding carboxylic acids is 1. The molecule has 5 rings (SSSR count). The summed E-state index contributed by atoms with van der Waals surface area (Å²) in [4.78, 5) is 21.6. The molecular weight excluding hydrogens is 469 g/mol.